The Morgan fingerprint density at radius 2 is 1.47 bits per heavy atom. The zero-order chi connectivity index (χ0) is 25.3. The lowest BCUT2D eigenvalue weighted by molar-refractivity contribution is -0.139. The SMILES string of the molecule is CCOc1cc(C(=O)NNS(=O)(=O)c2ccc(OCC(=O)O)c(C)c2)cc(OCC)c1OCC. The zero-order valence-electron chi connectivity index (χ0n) is 19.3. The number of ether oxygens (including phenoxy) is 4. The molecule has 2 aromatic rings. The molecule has 11 nitrogen and oxygen atoms in total. The van der Waals surface area contributed by atoms with Crippen molar-refractivity contribution in [1.82, 2.24) is 10.3 Å². The lowest BCUT2D eigenvalue weighted by atomic mass is 10.1. The van der Waals surface area contributed by atoms with E-state index >= 15 is 0 Å². The third kappa shape index (κ3) is 6.99. The number of hydrogen-bond donors (Lipinski definition) is 3. The summed E-state index contributed by atoms with van der Waals surface area (Å²) in [5.74, 6) is -0.746. The van der Waals surface area contributed by atoms with Gasteiger partial charge in [0.1, 0.15) is 5.75 Å². The van der Waals surface area contributed by atoms with Crippen molar-refractivity contribution in [2.45, 2.75) is 32.6 Å². The number of amides is 1. The topological polar surface area (TPSA) is 149 Å². The second-order valence-electron chi connectivity index (χ2n) is 6.77. The molecule has 1 amide bonds. The molecule has 0 spiro atoms. The number of rotatable bonds is 13. The maximum absolute atomic E-state index is 12.7. The molecule has 2 aromatic carbocycles. The molecule has 186 valence electrons. The Labute approximate surface area is 198 Å². The van der Waals surface area contributed by atoms with Crippen molar-refractivity contribution in [2.75, 3.05) is 26.4 Å². The largest absolute Gasteiger partial charge is 0.490 e. The third-order valence-corrected chi connectivity index (χ3v) is 5.52. The summed E-state index contributed by atoms with van der Waals surface area (Å²) in [6.45, 7) is 7.34. The van der Waals surface area contributed by atoms with Crippen LogP contribution in [0, 0.1) is 6.92 Å². The van der Waals surface area contributed by atoms with Crippen LogP contribution < -0.4 is 29.2 Å². The number of carboxylic acids is 1. The predicted molar refractivity (Wildman–Crippen MR) is 122 cm³/mol. The van der Waals surface area contributed by atoms with Crippen LogP contribution in [0.3, 0.4) is 0 Å². The molecule has 0 aliphatic heterocycles. The first-order valence-electron chi connectivity index (χ1n) is 10.5. The van der Waals surface area contributed by atoms with E-state index in [4.69, 9.17) is 24.1 Å². The molecule has 2 rings (SSSR count). The predicted octanol–water partition coefficient (Wildman–Crippen LogP) is 2.28. The van der Waals surface area contributed by atoms with Gasteiger partial charge in [-0.05, 0) is 63.6 Å². The summed E-state index contributed by atoms with van der Waals surface area (Å²) in [5.41, 5.74) is 2.66. The van der Waals surface area contributed by atoms with Crippen molar-refractivity contribution >= 4 is 21.9 Å². The molecule has 34 heavy (non-hydrogen) atoms. The van der Waals surface area contributed by atoms with Crippen molar-refractivity contribution < 1.29 is 42.1 Å². The lowest BCUT2D eigenvalue weighted by Crippen LogP contribution is -2.41. The van der Waals surface area contributed by atoms with Crippen LogP contribution in [0.1, 0.15) is 36.7 Å². The Hall–Kier alpha value is -3.51. The van der Waals surface area contributed by atoms with Gasteiger partial charge < -0.3 is 24.1 Å². The summed E-state index contributed by atoms with van der Waals surface area (Å²) >= 11 is 0. The Bertz CT molecular complexity index is 1110. The standard InChI is InChI=1S/C22H28N2O9S/c1-5-30-18-11-15(12-19(31-6-2)21(18)32-7-3)22(27)23-24-34(28,29)16-8-9-17(14(4)10-16)33-13-20(25)26/h8-12,24H,5-7,13H2,1-4H3,(H,23,27)(H,25,26). The molecule has 0 radical (unpaired) electrons. The smallest absolute Gasteiger partial charge is 0.341 e. The Morgan fingerprint density at radius 1 is 0.882 bits per heavy atom. The summed E-state index contributed by atoms with van der Waals surface area (Å²) in [6.07, 6.45) is 0. The number of aryl methyl sites for hydroxylation is 1. The summed E-state index contributed by atoms with van der Waals surface area (Å²) in [4.78, 5) is 25.2. The number of hydrazine groups is 1. The minimum Gasteiger partial charge on any atom is -0.490 e. The van der Waals surface area contributed by atoms with Gasteiger partial charge >= 0.3 is 5.97 Å². The van der Waals surface area contributed by atoms with E-state index in [0.29, 0.717) is 31.1 Å². The molecule has 0 saturated heterocycles. The molecule has 0 fully saturated rings. The highest BCUT2D eigenvalue weighted by Gasteiger charge is 2.21. The number of carbonyl (C=O) groups is 2. The Morgan fingerprint density at radius 3 is 1.97 bits per heavy atom. The Balaban J connectivity index is 2.22. The van der Waals surface area contributed by atoms with E-state index in [1.165, 1.54) is 30.3 Å². The van der Waals surface area contributed by atoms with Crippen molar-refractivity contribution in [3.05, 3.63) is 41.5 Å². The molecule has 0 atom stereocenters. The fraction of sp³-hybridized carbons (Fsp3) is 0.364. The number of aliphatic carboxylic acids is 1. The molecule has 0 aliphatic carbocycles. The van der Waals surface area contributed by atoms with Crippen LogP contribution in [0.15, 0.2) is 35.2 Å². The molecule has 12 heteroatoms. The number of hydrogen-bond acceptors (Lipinski definition) is 8. The van der Waals surface area contributed by atoms with Crippen LogP contribution in [0.5, 0.6) is 23.0 Å². The monoisotopic (exact) mass is 496 g/mol. The molecule has 0 saturated carbocycles. The first-order chi connectivity index (χ1) is 16.1. The number of carboxylic acid groups (broad SMARTS) is 1. The van der Waals surface area contributed by atoms with Gasteiger partial charge in [0.15, 0.2) is 18.1 Å². The van der Waals surface area contributed by atoms with Crippen molar-refractivity contribution in [1.29, 1.82) is 0 Å². The average Bonchev–Trinajstić information content (AvgIpc) is 2.78. The fourth-order valence-corrected chi connectivity index (χ4v) is 3.78. The van der Waals surface area contributed by atoms with Crippen LogP contribution in [-0.4, -0.2) is 51.8 Å². The van der Waals surface area contributed by atoms with Gasteiger partial charge in [-0.25, -0.2) is 13.2 Å². The summed E-state index contributed by atoms with van der Waals surface area (Å²) < 4.78 is 47.1. The van der Waals surface area contributed by atoms with Gasteiger partial charge in [0, 0.05) is 5.56 Å². The summed E-state index contributed by atoms with van der Waals surface area (Å²) in [7, 11) is -4.13. The van der Waals surface area contributed by atoms with E-state index in [0.717, 1.165) is 0 Å². The van der Waals surface area contributed by atoms with E-state index in [1.807, 2.05) is 4.83 Å². The summed E-state index contributed by atoms with van der Waals surface area (Å²) in [5, 5.41) is 8.71. The lowest BCUT2D eigenvalue weighted by Gasteiger charge is -2.17. The highest BCUT2D eigenvalue weighted by Crippen LogP contribution is 2.39. The minimum atomic E-state index is -4.13. The second kappa shape index (κ2) is 12.1. The van der Waals surface area contributed by atoms with E-state index in [1.54, 1.807) is 27.7 Å². The van der Waals surface area contributed by atoms with Crippen molar-refractivity contribution in [3.8, 4) is 23.0 Å². The van der Waals surface area contributed by atoms with Gasteiger partial charge in [-0.3, -0.25) is 10.2 Å². The second-order valence-corrected chi connectivity index (χ2v) is 8.45. The van der Waals surface area contributed by atoms with Gasteiger partial charge in [0.05, 0.1) is 24.7 Å². The maximum atomic E-state index is 12.7. The summed E-state index contributed by atoms with van der Waals surface area (Å²) in [6, 6.07) is 6.72. The molecule has 0 heterocycles. The molecule has 3 N–H and O–H groups in total. The zero-order valence-corrected chi connectivity index (χ0v) is 20.2. The van der Waals surface area contributed by atoms with E-state index < -0.39 is 28.5 Å². The van der Waals surface area contributed by atoms with E-state index in [9.17, 15) is 18.0 Å². The molecular formula is C22H28N2O9S. The van der Waals surface area contributed by atoms with Crippen LogP contribution in [-0.2, 0) is 14.8 Å². The number of carbonyl (C=O) groups excluding carboxylic acids is 1. The van der Waals surface area contributed by atoms with Crippen molar-refractivity contribution in [3.63, 3.8) is 0 Å². The van der Waals surface area contributed by atoms with Gasteiger partial charge in [0.25, 0.3) is 15.9 Å². The van der Waals surface area contributed by atoms with E-state index in [2.05, 4.69) is 5.43 Å². The average molecular weight is 497 g/mol. The molecule has 0 unspecified atom stereocenters. The maximum Gasteiger partial charge on any atom is 0.341 e. The highest BCUT2D eigenvalue weighted by molar-refractivity contribution is 7.89. The molecule has 0 aliphatic rings. The molecular weight excluding hydrogens is 468 g/mol. The Kier molecular flexibility index (Phi) is 9.51. The highest BCUT2D eigenvalue weighted by atomic mass is 32.2. The third-order valence-electron chi connectivity index (χ3n) is 4.28. The van der Waals surface area contributed by atoms with Crippen LogP contribution in [0.2, 0.25) is 0 Å². The van der Waals surface area contributed by atoms with Gasteiger partial charge in [-0.2, -0.15) is 0 Å². The quantitative estimate of drug-likeness (QED) is 0.355. The van der Waals surface area contributed by atoms with Crippen LogP contribution in [0.25, 0.3) is 0 Å². The van der Waals surface area contributed by atoms with Gasteiger partial charge in [-0.1, -0.05) is 0 Å². The fourth-order valence-electron chi connectivity index (χ4n) is 2.85. The molecule has 0 bridgehead atoms. The van der Waals surface area contributed by atoms with Crippen LogP contribution in [0.4, 0.5) is 0 Å². The number of sulfonamides is 1. The number of nitrogens with one attached hydrogen (secondary N) is 2. The van der Waals surface area contributed by atoms with Gasteiger partial charge in [0.2, 0.25) is 5.75 Å². The normalized spacial score (nSPS) is 10.9. The van der Waals surface area contributed by atoms with Gasteiger partial charge in [-0.15, -0.1) is 4.83 Å². The number of benzene rings is 2. The molecule has 0 aromatic heterocycles. The van der Waals surface area contributed by atoms with E-state index in [-0.39, 0.29) is 27.7 Å². The first kappa shape index (κ1) is 26.7. The van der Waals surface area contributed by atoms with Crippen LogP contribution >= 0.6 is 0 Å². The first-order valence-corrected chi connectivity index (χ1v) is 11.9. The van der Waals surface area contributed by atoms with Crippen molar-refractivity contribution in [2.24, 2.45) is 0 Å². The minimum absolute atomic E-state index is 0.0895.